The monoisotopic (exact) mass is 283 g/mol. The van der Waals surface area contributed by atoms with Gasteiger partial charge < -0.3 is 14.6 Å². The molecule has 0 unspecified atom stereocenters. The van der Waals surface area contributed by atoms with Crippen LogP contribution in [0, 0.1) is 16.7 Å². The lowest BCUT2D eigenvalue weighted by atomic mass is 9.62. The van der Waals surface area contributed by atoms with Gasteiger partial charge in [-0.2, -0.15) is 5.26 Å². The largest absolute Gasteiger partial charge is 0.466 e. The highest BCUT2D eigenvalue weighted by molar-refractivity contribution is 5.79. The second kappa shape index (κ2) is 6.71. The molecule has 20 heavy (non-hydrogen) atoms. The van der Waals surface area contributed by atoms with E-state index in [0.717, 1.165) is 6.42 Å². The van der Waals surface area contributed by atoms with E-state index in [1.807, 2.05) is 6.07 Å². The summed E-state index contributed by atoms with van der Waals surface area (Å²) in [4.78, 5) is 23.1. The van der Waals surface area contributed by atoms with Crippen molar-refractivity contribution < 1.29 is 24.2 Å². The highest BCUT2D eigenvalue weighted by Crippen LogP contribution is 2.47. The van der Waals surface area contributed by atoms with Crippen LogP contribution >= 0.6 is 0 Å². The third-order valence-corrected chi connectivity index (χ3v) is 3.87. The van der Waals surface area contributed by atoms with E-state index in [2.05, 4.69) is 0 Å². The maximum Gasteiger partial charge on any atom is 0.316 e. The normalized spacial score (nSPS) is 29.3. The van der Waals surface area contributed by atoms with Gasteiger partial charge in [0.05, 0.1) is 19.3 Å². The van der Waals surface area contributed by atoms with E-state index >= 15 is 0 Å². The quantitative estimate of drug-likeness (QED) is 0.603. The van der Waals surface area contributed by atoms with Crippen molar-refractivity contribution >= 4 is 11.9 Å². The van der Waals surface area contributed by atoms with Gasteiger partial charge >= 0.3 is 11.9 Å². The number of hydrogen-bond donors (Lipinski definition) is 1. The fourth-order valence-corrected chi connectivity index (χ4v) is 2.76. The Morgan fingerprint density at radius 3 is 2.50 bits per heavy atom. The Morgan fingerprint density at radius 2 is 1.95 bits per heavy atom. The molecule has 0 aromatic heterocycles. The third kappa shape index (κ3) is 3.10. The fourth-order valence-electron chi connectivity index (χ4n) is 2.76. The van der Waals surface area contributed by atoms with Crippen molar-refractivity contribution in [3.8, 4) is 6.07 Å². The first-order valence-electron chi connectivity index (χ1n) is 6.86. The molecule has 0 aliphatic heterocycles. The molecule has 1 rings (SSSR count). The molecule has 6 nitrogen and oxygen atoms in total. The molecule has 0 saturated heterocycles. The summed E-state index contributed by atoms with van der Waals surface area (Å²) >= 11 is 0. The summed E-state index contributed by atoms with van der Waals surface area (Å²) in [5.41, 5.74) is -3.08. The third-order valence-electron chi connectivity index (χ3n) is 3.87. The molecule has 0 spiro atoms. The molecule has 0 radical (unpaired) electrons. The molecule has 6 heteroatoms. The van der Waals surface area contributed by atoms with Crippen molar-refractivity contribution in [1.29, 1.82) is 5.26 Å². The summed E-state index contributed by atoms with van der Waals surface area (Å²) in [6, 6.07) is 1.86. The lowest BCUT2D eigenvalue weighted by Gasteiger charge is -2.44. The van der Waals surface area contributed by atoms with Gasteiger partial charge in [-0.1, -0.05) is 6.42 Å². The highest BCUT2D eigenvalue weighted by Gasteiger charge is 2.58. The van der Waals surface area contributed by atoms with Crippen molar-refractivity contribution in [1.82, 2.24) is 0 Å². The minimum atomic E-state index is -1.77. The summed E-state index contributed by atoms with van der Waals surface area (Å²) in [6.07, 6.45) is 2.08. The first kappa shape index (κ1) is 16.4. The number of rotatable bonds is 5. The van der Waals surface area contributed by atoms with E-state index in [1.54, 1.807) is 6.92 Å². The molecule has 0 aromatic carbocycles. The predicted molar refractivity (Wildman–Crippen MR) is 69.3 cm³/mol. The summed E-state index contributed by atoms with van der Waals surface area (Å²) in [5.74, 6) is -1.05. The van der Waals surface area contributed by atoms with Crippen LogP contribution in [0.25, 0.3) is 0 Å². The number of esters is 2. The Bertz CT molecular complexity index is 416. The van der Waals surface area contributed by atoms with Crippen LogP contribution in [-0.4, -0.2) is 35.9 Å². The van der Waals surface area contributed by atoms with Crippen LogP contribution in [0.3, 0.4) is 0 Å². The number of carbonyl (C=O) groups excluding carboxylic acids is 2. The van der Waals surface area contributed by atoms with Gasteiger partial charge in [-0.25, -0.2) is 0 Å². The molecule has 0 amide bonds. The Labute approximate surface area is 118 Å². The molecule has 2 atom stereocenters. The Hall–Kier alpha value is -1.61. The summed E-state index contributed by atoms with van der Waals surface area (Å²) in [5, 5.41) is 19.8. The van der Waals surface area contributed by atoms with Crippen LogP contribution in [0.5, 0.6) is 0 Å². The Morgan fingerprint density at radius 1 is 1.30 bits per heavy atom. The molecule has 1 fully saturated rings. The molecule has 1 N–H and O–H groups in total. The SMILES string of the molecule is CCOC(=O)[C@]1(CCOC(C)=O)CCCC[C@]1(O)C#N. The summed E-state index contributed by atoms with van der Waals surface area (Å²) < 4.78 is 9.92. The zero-order valence-electron chi connectivity index (χ0n) is 12.0. The highest BCUT2D eigenvalue weighted by atomic mass is 16.5. The maximum absolute atomic E-state index is 12.3. The van der Waals surface area contributed by atoms with Gasteiger partial charge in [0, 0.05) is 13.3 Å². The summed E-state index contributed by atoms with van der Waals surface area (Å²) in [7, 11) is 0. The fraction of sp³-hybridized carbons (Fsp3) is 0.786. The first-order valence-corrected chi connectivity index (χ1v) is 6.86. The molecule has 1 aliphatic carbocycles. The first-order chi connectivity index (χ1) is 9.42. The van der Waals surface area contributed by atoms with E-state index in [1.165, 1.54) is 6.92 Å². The van der Waals surface area contributed by atoms with Gasteiger partial charge in [0.25, 0.3) is 0 Å². The smallest absolute Gasteiger partial charge is 0.316 e. The van der Waals surface area contributed by atoms with Gasteiger partial charge in [0.1, 0.15) is 5.41 Å². The predicted octanol–water partition coefficient (Wildman–Crippen LogP) is 1.32. The molecule has 1 aliphatic rings. The van der Waals surface area contributed by atoms with Crippen LogP contribution in [0.2, 0.25) is 0 Å². The Kier molecular flexibility index (Phi) is 5.52. The topological polar surface area (TPSA) is 96.6 Å². The Balaban J connectivity index is 3.01. The number of carbonyl (C=O) groups is 2. The minimum Gasteiger partial charge on any atom is -0.466 e. The van der Waals surface area contributed by atoms with Crippen LogP contribution in [0.1, 0.15) is 46.0 Å². The summed E-state index contributed by atoms with van der Waals surface area (Å²) in [6.45, 7) is 3.11. The second-order valence-corrected chi connectivity index (χ2v) is 5.07. The van der Waals surface area contributed by atoms with E-state index in [0.29, 0.717) is 12.8 Å². The van der Waals surface area contributed by atoms with Crippen LogP contribution in [-0.2, 0) is 19.1 Å². The van der Waals surface area contributed by atoms with Crippen molar-refractivity contribution in [3.05, 3.63) is 0 Å². The van der Waals surface area contributed by atoms with Gasteiger partial charge in [-0.15, -0.1) is 0 Å². The molecule has 1 saturated carbocycles. The van der Waals surface area contributed by atoms with E-state index in [4.69, 9.17) is 9.47 Å². The maximum atomic E-state index is 12.3. The van der Waals surface area contributed by atoms with Crippen molar-refractivity contribution in [3.63, 3.8) is 0 Å². The van der Waals surface area contributed by atoms with Crippen LogP contribution in [0.15, 0.2) is 0 Å². The number of aliphatic hydroxyl groups is 1. The molecule has 112 valence electrons. The van der Waals surface area contributed by atoms with Gasteiger partial charge in [0.2, 0.25) is 0 Å². The molecule has 0 bridgehead atoms. The molecule has 0 aromatic rings. The zero-order valence-corrected chi connectivity index (χ0v) is 12.0. The average molecular weight is 283 g/mol. The molecule has 0 heterocycles. The van der Waals surface area contributed by atoms with E-state index in [-0.39, 0.29) is 26.1 Å². The zero-order chi connectivity index (χ0) is 15.2. The van der Waals surface area contributed by atoms with Crippen LogP contribution < -0.4 is 0 Å². The van der Waals surface area contributed by atoms with E-state index < -0.39 is 23.0 Å². The molecular formula is C14H21NO5. The van der Waals surface area contributed by atoms with E-state index in [9.17, 15) is 20.0 Å². The van der Waals surface area contributed by atoms with Crippen molar-refractivity contribution in [2.24, 2.45) is 5.41 Å². The minimum absolute atomic E-state index is 0.0157. The second-order valence-electron chi connectivity index (χ2n) is 5.07. The van der Waals surface area contributed by atoms with Gasteiger partial charge in [-0.05, 0) is 26.2 Å². The molecular weight excluding hydrogens is 262 g/mol. The number of ether oxygens (including phenoxy) is 2. The number of nitrogens with zero attached hydrogens (tertiary/aromatic N) is 1. The average Bonchev–Trinajstić information content (AvgIpc) is 2.41. The standard InChI is InChI=1S/C14H21NO5/c1-3-19-12(17)13(8-9-20-11(2)16)6-4-5-7-14(13,18)10-15/h18H,3-9H2,1-2H3/t13-,14+/m1/s1. The van der Waals surface area contributed by atoms with Crippen molar-refractivity contribution in [2.75, 3.05) is 13.2 Å². The lowest BCUT2D eigenvalue weighted by molar-refractivity contribution is -0.178. The van der Waals surface area contributed by atoms with Crippen LogP contribution in [0.4, 0.5) is 0 Å². The van der Waals surface area contributed by atoms with Gasteiger partial charge in [-0.3, -0.25) is 9.59 Å². The lowest BCUT2D eigenvalue weighted by Crippen LogP contribution is -2.55. The number of nitriles is 1. The van der Waals surface area contributed by atoms with Gasteiger partial charge in [0.15, 0.2) is 5.60 Å². The van der Waals surface area contributed by atoms with Crippen molar-refractivity contribution in [2.45, 2.75) is 51.6 Å². The number of hydrogen-bond acceptors (Lipinski definition) is 6.